The normalized spacial score (nSPS) is 48.9. The van der Waals surface area contributed by atoms with Crippen LogP contribution in [0.3, 0.4) is 0 Å². The summed E-state index contributed by atoms with van der Waals surface area (Å²) in [6, 6.07) is -0.977. The maximum atomic E-state index is 12.2. The number of hydrogen-bond acceptors (Lipinski definition) is 12. The molecule has 0 unspecified atom stereocenters. The smallest absolute Gasteiger partial charge is 0.330 e. The number of hydrogen-bond donors (Lipinski definition) is 6. The lowest BCUT2D eigenvalue weighted by molar-refractivity contribution is -0.308. The lowest BCUT2D eigenvalue weighted by Crippen LogP contribution is -2.61. The highest BCUT2D eigenvalue weighted by Gasteiger charge is 2.48. The molecule has 252 valence electrons. The Labute approximate surface area is 264 Å². The number of rotatable bonds is 2. The molecule has 4 rings (SSSR count). The van der Waals surface area contributed by atoms with Gasteiger partial charge in [-0.1, -0.05) is 55.5 Å². The highest BCUT2D eigenvalue weighted by atomic mass is 16.7. The van der Waals surface area contributed by atoms with Gasteiger partial charge in [-0.3, -0.25) is 0 Å². The summed E-state index contributed by atoms with van der Waals surface area (Å²) in [5, 5.41) is 54.0. The first-order chi connectivity index (χ1) is 21.3. The zero-order valence-corrected chi connectivity index (χ0v) is 26.1. The number of fused-ring (bicyclic) bond motifs is 3. The molecule has 0 amide bonds. The lowest BCUT2D eigenvalue weighted by Gasteiger charge is -2.45. The number of esters is 1. The second-order valence-corrected chi connectivity index (χ2v) is 12.6. The van der Waals surface area contributed by atoms with Crippen LogP contribution in [0.4, 0.5) is 0 Å². The van der Waals surface area contributed by atoms with Gasteiger partial charge in [0.1, 0.15) is 18.3 Å². The average molecular weight is 636 g/mol. The standard InChI is InChI=1S/C33H49NO11/c1-19-11-9-7-5-4-6-8-10-12-23(43-32-31(39)29(34)30(38)21(3)42-32)16-26-20(2)24(36)18-33(40,45-26)17-22(35)15-27-25(44-27)13-14-28(37)41-19/h4-10,12-14,19-27,29-32,35-36,38-40H,11,15-18,34H2,1-3H3/b5-4+,8-6+,9-7+,12-10+,14-13-/t19-,20-,21-,22+,23+,24+,25-,26-,27+,29+,30-,31+,32+,33+/m1/s1. The van der Waals surface area contributed by atoms with Crippen LogP contribution in [0, 0.1) is 5.92 Å². The molecule has 14 atom stereocenters. The summed E-state index contributed by atoms with van der Waals surface area (Å²) in [6.45, 7) is 5.24. The molecule has 7 N–H and O–H groups in total. The molecule has 0 aromatic rings. The molecule has 0 saturated carbocycles. The summed E-state index contributed by atoms with van der Waals surface area (Å²) in [5.74, 6) is -2.70. The van der Waals surface area contributed by atoms with Crippen LogP contribution in [-0.4, -0.2) is 111 Å². The van der Waals surface area contributed by atoms with Crippen molar-refractivity contribution >= 4 is 5.97 Å². The summed E-state index contributed by atoms with van der Waals surface area (Å²) >= 11 is 0. The zero-order valence-electron chi connectivity index (χ0n) is 26.1. The Morgan fingerprint density at radius 1 is 0.889 bits per heavy atom. The average Bonchev–Trinajstić information content (AvgIpc) is 3.71. The topological polar surface area (TPSA) is 194 Å². The third-order valence-electron chi connectivity index (χ3n) is 8.67. The van der Waals surface area contributed by atoms with Crippen LogP contribution in [0.25, 0.3) is 0 Å². The number of epoxide rings is 1. The first kappa shape index (κ1) is 35.6. The molecule has 0 spiro atoms. The Morgan fingerprint density at radius 2 is 1.60 bits per heavy atom. The number of carbonyl (C=O) groups is 1. The molecule has 2 bridgehead atoms. The van der Waals surface area contributed by atoms with Gasteiger partial charge in [0.05, 0.1) is 48.8 Å². The van der Waals surface area contributed by atoms with Crippen molar-refractivity contribution < 1.29 is 54.0 Å². The summed E-state index contributed by atoms with van der Waals surface area (Å²) in [6.07, 6.45) is 9.53. The van der Waals surface area contributed by atoms with Gasteiger partial charge in [0.25, 0.3) is 0 Å². The Bertz CT molecular complexity index is 1120. The van der Waals surface area contributed by atoms with Crippen molar-refractivity contribution in [2.45, 2.75) is 132 Å². The van der Waals surface area contributed by atoms with Crippen molar-refractivity contribution in [3.63, 3.8) is 0 Å². The van der Waals surface area contributed by atoms with E-state index >= 15 is 0 Å². The summed E-state index contributed by atoms with van der Waals surface area (Å²) < 4.78 is 29.0. The quantitative estimate of drug-likeness (QED) is 0.187. The van der Waals surface area contributed by atoms with E-state index in [2.05, 4.69) is 0 Å². The van der Waals surface area contributed by atoms with Crippen LogP contribution >= 0.6 is 0 Å². The fourth-order valence-electron chi connectivity index (χ4n) is 5.84. The molecule has 4 aliphatic rings. The Balaban J connectivity index is 1.53. The second-order valence-electron chi connectivity index (χ2n) is 12.6. The van der Waals surface area contributed by atoms with E-state index in [1.165, 1.54) is 6.08 Å². The predicted molar refractivity (Wildman–Crippen MR) is 163 cm³/mol. The van der Waals surface area contributed by atoms with Gasteiger partial charge in [-0.2, -0.15) is 0 Å². The minimum absolute atomic E-state index is 0.0970. The number of aliphatic hydroxyl groups excluding tert-OH is 4. The van der Waals surface area contributed by atoms with E-state index in [1.807, 2.05) is 30.4 Å². The second kappa shape index (κ2) is 16.1. The highest BCUT2D eigenvalue weighted by molar-refractivity contribution is 5.82. The number of nitrogens with two attached hydrogens (primary N) is 1. The molecule has 0 radical (unpaired) electrons. The van der Waals surface area contributed by atoms with Crippen molar-refractivity contribution in [3.05, 3.63) is 60.8 Å². The molecule has 12 nitrogen and oxygen atoms in total. The molecule has 0 aromatic heterocycles. The van der Waals surface area contributed by atoms with Gasteiger partial charge < -0.3 is 55.0 Å². The lowest BCUT2D eigenvalue weighted by atomic mass is 9.84. The third-order valence-corrected chi connectivity index (χ3v) is 8.67. The molecule has 12 heteroatoms. The van der Waals surface area contributed by atoms with Gasteiger partial charge in [-0.05, 0) is 19.9 Å². The molecule has 3 fully saturated rings. The van der Waals surface area contributed by atoms with Crippen LogP contribution in [0.15, 0.2) is 60.8 Å². The number of cyclic esters (lactones) is 1. The SMILES string of the molecule is C[C@@H]1[C@@H](O)C[C@]2(O)C[C@@H](O)C[C@@H]3O[C@@H]3/C=C\C(=O)O[C@H](C)C/C=C/C=C/C=C/C=C/[C@H](O[C@@H]3O[C@H](C)[C@@H](O)[C@H](N)[C@@H]3O)C[C@H]1O2. The number of carbonyl (C=O) groups excluding carboxylic acids is 1. The Hall–Kier alpha value is -2.23. The molecule has 4 heterocycles. The molecule has 4 aliphatic heterocycles. The van der Waals surface area contributed by atoms with Gasteiger partial charge in [-0.25, -0.2) is 4.79 Å². The van der Waals surface area contributed by atoms with Crippen LogP contribution < -0.4 is 5.73 Å². The summed E-state index contributed by atoms with van der Waals surface area (Å²) in [5.41, 5.74) is 6.01. The van der Waals surface area contributed by atoms with Crippen LogP contribution in [0.1, 0.15) is 52.9 Å². The van der Waals surface area contributed by atoms with E-state index < -0.39 is 72.7 Å². The maximum Gasteiger partial charge on any atom is 0.330 e. The minimum atomic E-state index is -1.82. The fourth-order valence-corrected chi connectivity index (χ4v) is 5.84. The third kappa shape index (κ3) is 10.4. The van der Waals surface area contributed by atoms with Crippen molar-refractivity contribution in [2.75, 3.05) is 0 Å². The summed E-state index contributed by atoms with van der Waals surface area (Å²) in [4.78, 5) is 12.2. The van der Waals surface area contributed by atoms with Gasteiger partial charge >= 0.3 is 5.97 Å². The van der Waals surface area contributed by atoms with E-state index in [1.54, 1.807) is 45.1 Å². The van der Waals surface area contributed by atoms with E-state index in [0.29, 0.717) is 6.42 Å². The van der Waals surface area contributed by atoms with Crippen LogP contribution in [0.2, 0.25) is 0 Å². The van der Waals surface area contributed by atoms with Crippen LogP contribution in [-0.2, 0) is 28.5 Å². The van der Waals surface area contributed by atoms with Gasteiger partial charge in [-0.15, -0.1) is 0 Å². The number of ether oxygens (including phenoxy) is 5. The van der Waals surface area contributed by atoms with Gasteiger partial charge in [0.2, 0.25) is 0 Å². The Kier molecular flexibility index (Phi) is 12.7. The molecule has 45 heavy (non-hydrogen) atoms. The maximum absolute atomic E-state index is 12.2. The van der Waals surface area contributed by atoms with E-state index in [-0.39, 0.29) is 44.0 Å². The fraction of sp³-hybridized carbons (Fsp3) is 0.667. The molecular weight excluding hydrogens is 586 g/mol. The Morgan fingerprint density at radius 3 is 2.36 bits per heavy atom. The molecule has 0 aromatic carbocycles. The van der Waals surface area contributed by atoms with Gasteiger partial charge in [0, 0.05) is 44.1 Å². The minimum Gasteiger partial charge on any atom is -0.459 e. The highest BCUT2D eigenvalue weighted by Crippen LogP contribution is 2.38. The van der Waals surface area contributed by atoms with Crippen LogP contribution in [0.5, 0.6) is 0 Å². The number of aliphatic hydroxyl groups is 5. The van der Waals surface area contributed by atoms with Gasteiger partial charge in [0.15, 0.2) is 12.1 Å². The van der Waals surface area contributed by atoms with E-state index in [0.717, 1.165) is 0 Å². The van der Waals surface area contributed by atoms with Crippen molar-refractivity contribution in [1.82, 2.24) is 0 Å². The van der Waals surface area contributed by atoms with E-state index in [9.17, 15) is 30.3 Å². The largest absolute Gasteiger partial charge is 0.459 e. The zero-order chi connectivity index (χ0) is 32.7. The molecule has 3 saturated heterocycles. The molecule has 0 aliphatic carbocycles. The first-order valence-corrected chi connectivity index (χ1v) is 15.7. The predicted octanol–water partition coefficient (Wildman–Crippen LogP) is 1.06. The van der Waals surface area contributed by atoms with Crippen molar-refractivity contribution in [2.24, 2.45) is 11.7 Å². The van der Waals surface area contributed by atoms with Crippen molar-refractivity contribution in [1.29, 1.82) is 0 Å². The van der Waals surface area contributed by atoms with Crippen molar-refractivity contribution in [3.8, 4) is 0 Å². The summed E-state index contributed by atoms with van der Waals surface area (Å²) in [7, 11) is 0. The monoisotopic (exact) mass is 635 g/mol. The number of allylic oxidation sites excluding steroid dienone is 6. The van der Waals surface area contributed by atoms with E-state index in [4.69, 9.17) is 29.4 Å². The molecular formula is C33H49NO11. The first-order valence-electron chi connectivity index (χ1n) is 15.7.